The van der Waals surface area contributed by atoms with Gasteiger partial charge in [0.1, 0.15) is 0 Å². The number of nitrogens with zero attached hydrogens (tertiary/aromatic N) is 2. The van der Waals surface area contributed by atoms with Gasteiger partial charge in [0.25, 0.3) is 0 Å². The number of hydrogen-bond acceptors (Lipinski definition) is 5. The van der Waals surface area contributed by atoms with Gasteiger partial charge < -0.3 is 14.9 Å². The summed E-state index contributed by atoms with van der Waals surface area (Å²) in [6.45, 7) is 3.79. The van der Waals surface area contributed by atoms with Crippen molar-refractivity contribution in [2.45, 2.75) is 37.4 Å². The highest BCUT2D eigenvalue weighted by atomic mass is 35.5. The molecule has 7 nitrogen and oxygen atoms in total. The van der Waals surface area contributed by atoms with Gasteiger partial charge in [0.15, 0.2) is 0 Å². The molecule has 0 bridgehead atoms. The van der Waals surface area contributed by atoms with Gasteiger partial charge >= 0.3 is 12.1 Å². The minimum absolute atomic E-state index is 0.0897. The Kier molecular flexibility index (Phi) is 7.31. The van der Waals surface area contributed by atoms with Crippen LogP contribution in [0.3, 0.4) is 0 Å². The summed E-state index contributed by atoms with van der Waals surface area (Å²) in [6.07, 6.45) is -3.34. The molecule has 4 rings (SSSR count). The number of anilines is 1. The summed E-state index contributed by atoms with van der Waals surface area (Å²) in [4.78, 5) is 37.5. The van der Waals surface area contributed by atoms with Gasteiger partial charge in [-0.05, 0) is 36.6 Å². The zero-order chi connectivity index (χ0) is 23.7. The molecule has 2 N–H and O–H groups in total. The number of aliphatic carboxylic acids is 1. The Morgan fingerprint density at radius 2 is 1.88 bits per heavy atom. The molecule has 0 radical (unpaired) electrons. The average Bonchev–Trinajstić information content (AvgIpc) is 3.35. The fraction of sp³-hybridized carbons (Fsp3) is 0.550. The summed E-state index contributed by atoms with van der Waals surface area (Å²) >= 11 is 8.04. The molecule has 3 aliphatic heterocycles. The number of benzene rings is 1. The topological polar surface area (TPSA) is 90.0 Å². The van der Waals surface area contributed by atoms with Gasteiger partial charge in [-0.1, -0.05) is 11.6 Å². The third-order valence-corrected chi connectivity index (χ3v) is 7.15. The Bertz CT molecular complexity index is 901. The lowest BCUT2D eigenvalue weighted by Gasteiger charge is -2.39. The van der Waals surface area contributed by atoms with Crippen LogP contribution < -0.4 is 10.2 Å². The van der Waals surface area contributed by atoms with Crippen LogP contribution in [0.2, 0.25) is 5.02 Å². The second-order valence-electron chi connectivity index (χ2n) is 7.95. The lowest BCUT2D eigenvalue weighted by Crippen LogP contribution is -2.50. The van der Waals surface area contributed by atoms with Gasteiger partial charge in [0.2, 0.25) is 11.8 Å². The molecule has 2 amide bonds. The molecule has 176 valence electrons. The van der Waals surface area contributed by atoms with Crippen LogP contribution in [0.15, 0.2) is 18.2 Å². The number of amides is 2. The summed E-state index contributed by atoms with van der Waals surface area (Å²) in [5, 5.41) is 11.1. The fourth-order valence-corrected chi connectivity index (χ4v) is 5.36. The zero-order valence-electron chi connectivity index (χ0n) is 17.2. The van der Waals surface area contributed by atoms with Crippen LogP contribution in [0.25, 0.3) is 0 Å². The molecule has 1 spiro atoms. The summed E-state index contributed by atoms with van der Waals surface area (Å²) in [7, 11) is 0. The van der Waals surface area contributed by atoms with Crippen LogP contribution in [0.5, 0.6) is 0 Å². The summed E-state index contributed by atoms with van der Waals surface area (Å²) in [6, 6.07) is 5.75. The molecule has 1 aromatic rings. The number of carboxylic acid groups (broad SMARTS) is 1. The minimum Gasteiger partial charge on any atom is -0.475 e. The zero-order valence-corrected chi connectivity index (χ0v) is 18.8. The van der Waals surface area contributed by atoms with Crippen molar-refractivity contribution in [3.63, 3.8) is 0 Å². The second kappa shape index (κ2) is 9.48. The number of rotatable bonds is 1. The lowest BCUT2D eigenvalue weighted by atomic mass is 9.74. The standard InChI is InChI=1S/C18H22ClN3O2S.C2HF3O2/c1-12(23)21-6-4-18(5-7-21)10-22(17(24)15-9-25-11-20-15)16-3-2-13(19)8-14(16)18;3-2(4,5)1(6)7/h2-3,8,15,20H,4-7,9-11H2,1H3;(H,6,7)/t15-;/m0./s1. The van der Waals surface area contributed by atoms with Gasteiger partial charge in [-0.25, -0.2) is 4.79 Å². The highest BCUT2D eigenvalue weighted by molar-refractivity contribution is 7.99. The Labute approximate surface area is 192 Å². The van der Waals surface area contributed by atoms with Crippen LogP contribution in [0, 0.1) is 0 Å². The smallest absolute Gasteiger partial charge is 0.475 e. The van der Waals surface area contributed by atoms with Crippen LogP contribution in [-0.4, -0.2) is 71.3 Å². The minimum atomic E-state index is -5.08. The molecule has 2 fully saturated rings. The number of carboxylic acids is 1. The molecule has 0 aliphatic carbocycles. The molecule has 12 heteroatoms. The maximum atomic E-state index is 13.0. The number of fused-ring (bicyclic) bond motifs is 2. The Hall–Kier alpha value is -1.98. The molecule has 0 unspecified atom stereocenters. The highest BCUT2D eigenvalue weighted by Crippen LogP contribution is 2.48. The molecule has 2 saturated heterocycles. The average molecular weight is 494 g/mol. The van der Waals surface area contributed by atoms with Gasteiger partial charge in [-0.2, -0.15) is 13.2 Å². The van der Waals surface area contributed by atoms with Crippen molar-refractivity contribution in [1.29, 1.82) is 0 Å². The summed E-state index contributed by atoms with van der Waals surface area (Å²) in [5.74, 6) is -0.828. The van der Waals surface area contributed by atoms with Crippen LogP contribution in [0.4, 0.5) is 18.9 Å². The summed E-state index contributed by atoms with van der Waals surface area (Å²) < 4.78 is 31.7. The van der Waals surface area contributed by atoms with Crippen molar-refractivity contribution < 1.29 is 32.7 Å². The van der Waals surface area contributed by atoms with E-state index in [2.05, 4.69) is 5.32 Å². The van der Waals surface area contributed by atoms with Crippen molar-refractivity contribution >= 4 is 46.8 Å². The molecular formula is C20H23ClF3N3O4S. The van der Waals surface area contributed by atoms with E-state index in [-0.39, 0.29) is 23.3 Å². The molecule has 3 aliphatic rings. The molecule has 3 heterocycles. The number of piperidine rings is 1. The maximum absolute atomic E-state index is 13.0. The SMILES string of the molecule is CC(=O)N1CCC2(CC1)CN(C(=O)[C@@H]1CSCN1)c1ccc(Cl)cc12.O=C(O)C(F)(F)F. The Morgan fingerprint density at radius 3 is 2.38 bits per heavy atom. The molecule has 32 heavy (non-hydrogen) atoms. The molecule has 0 saturated carbocycles. The van der Waals surface area contributed by atoms with Crippen molar-refractivity contribution in [3.8, 4) is 0 Å². The third kappa shape index (κ3) is 5.15. The first-order valence-electron chi connectivity index (χ1n) is 9.93. The third-order valence-electron chi connectivity index (χ3n) is 5.97. The first kappa shape index (κ1) is 24.7. The normalized spacial score (nSPS) is 21.7. The van der Waals surface area contributed by atoms with Crippen LogP contribution in [-0.2, 0) is 19.8 Å². The quantitative estimate of drug-likeness (QED) is 0.625. The van der Waals surface area contributed by atoms with E-state index in [4.69, 9.17) is 21.5 Å². The molecule has 1 atom stereocenters. The van der Waals surface area contributed by atoms with Crippen molar-refractivity contribution in [2.75, 3.05) is 36.2 Å². The van der Waals surface area contributed by atoms with E-state index in [1.165, 1.54) is 5.56 Å². The van der Waals surface area contributed by atoms with E-state index in [0.717, 1.165) is 43.2 Å². The number of carbonyl (C=O) groups excluding carboxylic acids is 2. The molecule has 0 aromatic heterocycles. The van der Waals surface area contributed by atoms with E-state index in [9.17, 15) is 22.8 Å². The Balaban J connectivity index is 0.000000360. The van der Waals surface area contributed by atoms with Crippen LogP contribution in [0.1, 0.15) is 25.3 Å². The highest BCUT2D eigenvalue weighted by Gasteiger charge is 2.47. The largest absolute Gasteiger partial charge is 0.490 e. The second-order valence-corrected chi connectivity index (χ2v) is 9.41. The monoisotopic (exact) mass is 493 g/mol. The lowest BCUT2D eigenvalue weighted by molar-refractivity contribution is -0.192. The van der Waals surface area contributed by atoms with Crippen molar-refractivity contribution in [1.82, 2.24) is 10.2 Å². The Morgan fingerprint density at radius 1 is 1.25 bits per heavy atom. The first-order chi connectivity index (χ1) is 14.9. The van der Waals surface area contributed by atoms with Gasteiger partial charge in [0.05, 0.1) is 6.04 Å². The van der Waals surface area contributed by atoms with Crippen LogP contribution >= 0.6 is 23.4 Å². The molecule has 1 aromatic carbocycles. The summed E-state index contributed by atoms with van der Waals surface area (Å²) in [5.41, 5.74) is 2.07. The fourth-order valence-electron chi connectivity index (χ4n) is 4.26. The number of alkyl halides is 3. The van der Waals surface area contributed by atoms with E-state index < -0.39 is 12.1 Å². The predicted octanol–water partition coefficient (Wildman–Crippen LogP) is 2.86. The maximum Gasteiger partial charge on any atom is 0.490 e. The first-order valence-corrected chi connectivity index (χ1v) is 11.5. The van der Waals surface area contributed by atoms with Gasteiger partial charge in [0, 0.05) is 54.3 Å². The number of likely N-dealkylation sites (tertiary alicyclic amines) is 1. The van der Waals surface area contributed by atoms with E-state index in [0.29, 0.717) is 11.6 Å². The van der Waals surface area contributed by atoms with E-state index in [1.807, 2.05) is 28.0 Å². The predicted molar refractivity (Wildman–Crippen MR) is 115 cm³/mol. The van der Waals surface area contributed by atoms with Gasteiger partial charge in [-0.15, -0.1) is 11.8 Å². The van der Waals surface area contributed by atoms with Gasteiger partial charge in [-0.3, -0.25) is 14.9 Å². The number of halogens is 4. The van der Waals surface area contributed by atoms with Crippen molar-refractivity contribution in [2.24, 2.45) is 0 Å². The number of thioether (sulfide) groups is 1. The number of hydrogen-bond donors (Lipinski definition) is 2. The van der Waals surface area contributed by atoms with E-state index in [1.54, 1.807) is 18.7 Å². The van der Waals surface area contributed by atoms with Crippen molar-refractivity contribution in [3.05, 3.63) is 28.8 Å². The number of nitrogens with one attached hydrogen (secondary N) is 1. The van der Waals surface area contributed by atoms with E-state index >= 15 is 0 Å². The molecular weight excluding hydrogens is 471 g/mol. The number of carbonyl (C=O) groups is 3.